The normalized spacial score (nSPS) is 19.1. The zero-order valence-corrected chi connectivity index (χ0v) is 12.9. The summed E-state index contributed by atoms with van der Waals surface area (Å²) in [6.45, 7) is 3.90. The molecule has 3 heterocycles. The third-order valence-electron chi connectivity index (χ3n) is 3.87. The number of hydrogen-bond donors (Lipinski definition) is 1. The summed E-state index contributed by atoms with van der Waals surface area (Å²) in [5.74, 6) is 0.0799. The largest absolute Gasteiger partial charge is 0.478 e. The molecule has 1 fully saturated rings. The lowest BCUT2D eigenvalue weighted by molar-refractivity contribution is 0.0697. The molecule has 0 aliphatic carbocycles. The molecule has 0 spiro atoms. The van der Waals surface area contributed by atoms with Crippen LogP contribution < -0.4 is 4.90 Å². The number of aromatic carboxylic acids is 1. The van der Waals surface area contributed by atoms with E-state index in [9.17, 15) is 9.90 Å². The molecule has 1 saturated heterocycles. The van der Waals surface area contributed by atoms with Crippen molar-refractivity contribution in [2.24, 2.45) is 7.05 Å². The lowest BCUT2D eigenvalue weighted by atomic mass is 10.1. The minimum Gasteiger partial charge on any atom is -0.478 e. The predicted octanol–water partition coefficient (Wildman–Crippen LogP) is 2.00. The van der Waals surface area contributed by atoms with Crippen molar-refractivity contribution in [3.05, 3.63) is 18.0 Å². The zero-order chi connectivity index (χ0) is 15.0. The highest BCUT2D eigenvalue weighted by Crippen LogP contribution is 2.33. The highest BCUT2D eigenvalue weighted by Gasteiger charge is 2.26. The lowest BCUT2D eigenvalue weighted by Gasteiger charge is -2.34. The predicted molar refractivity (Wildman–Crippen MR) is 84.2 cm³/mol. The molecule has 0 bridgehead atoms. The SMILES string of the molecule is CCC1CN(c2c(C(=O)O)cnc3c2cnn3C)CCS1. The Balaban J connectivity index is 2.14. The number of carboxylic acid groups (broad SMARTS) is 1. The minimum atomic E-state index is -0.936. The van der Waals surface area contributed by atoms with Crippen LogP contribution in [0, 0.1) is 0 Å². The van der Waals surface area contributed by atoms with E-state index < -0.39 is 5.97 Å². The van der Waals surface area contributed by atoms with Crippen LogP contribution in [0.5, 0.6) is 0 Å². The quantitative estimate of drug-likeness (QED) is 0.935. The summed E-state index contributed by atoms with van der Waals surface area (Å²) in [7, 11) is 1.82. The maximum atomic E-state index is 11.6. The van der Waals surface area contributed by atoms with Crippen LogP contribution in [0.2, 0.25) is 0 Å². The fourth-order valence-corrected chi connectivity index (χ4v) is 3.93. The zero-order valence-electron chi connectivity index (χ0n) is 12.1. The Morgan fingerprint density at radius 2 is 2.33 bits per heavy atom. The van der Waals surface area contributed by atoms with Crippen LogP contribution >= 0.6 is 11.8 Å². The van der Waals surface area contributed by atoms with E-state index in [-0.39, 0.29) is 5.56 Å². The molecule has 2 aromatic rings. The van der Waals surface area contributed by atoms with Crippen LogP contribution in [-0.4, -0.2) is 49.9 Å². The van der Waals surface area contributed by atoms with Gasteiger partial charge in [0.1, 0.15) is 5.56 Å². The highest BCUT2D eigenvalue weighted by atomic mass is 32.2. The molecule has 1 N–H and O–H groups in total. The Kier molecular flexibility index (Phi) is 3.75. The van der Waals surface area contributed by atoms with Crippen molar-refractivity contribution in [2.75, 3.05) is 23.7 Å². The standard InChI is InChI=1S/C14H18N4O2S/c1-3-9-8-18(4-5-21-9)12-10-7-16-17(2)13(10)15-6-11(12)14(19)20/h6-7,9H,3-5,8H2,1-2H3,(H,19,20). The van der Waals surface area contributed by atoms with E-state index in [2.05, 4.69) is 21.9 Å². The van der Waals surface area contributed by atoms with Gasteiger partial charge in [0, 0.05) is 37.3 Å². The molecule has 0 radical (unpaired) electrons. The van der Waals surface area contributed by atoms with Gasteiger partial charge in [-0.1, -0.05) is 6.92 Å². The van der Waals surface area contributed by atoms with Crippen LogP contribution in [0.15, 0.2) is 12.4 Å². The van der Waals surface area contributed by atoms with Gasteiger partial charge in [-0.25, -0.2) is 9.78 Å². The first kappa shape index (κ1) is 14.2. The molecule has 0 amide bonds. The monoisotopic (exact) mass is 306 g/mol. The number of thioether (sulfide) groups is 1. The second-order valence-electron chi connectivity index (χ2n) is 5.18. The third kappa shape index (κ3) is 2.46. The van der Waals surface area contributed by atoms with Gasteiger partial charge in [-0.2, -0.15) is 16.9 Å². The van der Waals surface area contributed by atoms with Gasteiger partial charge in [-0.05, 0) is 6.42 Å². The Bertz CT molecular complexity index is 685. The van der Waals surface area contributed by atoms with Gasteiger partial charge in [0.2, 0.25) is 0 Å². The molecular formula is C14H18N4O2S. The molecular weight excluding hydrogens is 288 g/mol. The summed E-state index contributed by atoms with van der Waals surface area (Å²) in [4.78, 5) is 18.0. The summed E-state index contributed by atoms with van der Waals surface area (Å²) >= 11 is 1.96. The van der Waals surface area contributed by atoms with E-state index in [4.69, 9.17) is 0 Å². The minimum absolute atomic E-state index is 0.261. The van der Waals surface area contributed by atoms with Crippen molar-refractivity contribution in [3.8, 4) is 0 Å². The van der Waals surface area contributed by atoms with E-state index in [1.54, 1.807) is 10.9 Å². The van der Waals surface area contributed by atoms with Gasteiger partial charge >= 0.3 is 5.97 Å². The number of pyridine rings is 1. The van der Waals surface area contributed by atoms with Gasteiger partial charge < -0.3 is 10.0 Å². The first-order chi connectivity index (χ1) is 10.1. The molecule has 112 valence electrons. The van der Waals surface area contributed by atoms with Crippen LogP contribution in [0.3, 0.4) is 0 Å². The lowest BCUT2D eigenvalue weighted by Crippen LogP contribution is -2.38. The third-order valence-corrected chi connectivity index (χ3v) is 5.25. The van der Waals surface area contributed by atoms with Crippen LogP contribution in [-0.2, 0) is 7.05 Å². The van der Waals surface area contributed by atoms with E-state index in [0.29, 0.717) is 5.25 Å². The number of hydrogen-bond acceptors (Lipinski definition) is 5. The van der Waals surface area contributed by atoms with Crippen molar-refractivity contribution in [1.82, 2.24) is 14.8 Å². The summed E-state index contributed by atoms with van der Waals surface area (Å²) in [6.07, 6.45) is 4.25. The number of rotatable bonds is 3. The van der Waals surface area contributed by atoms with Gasteiger partial charge in [0.05, 0.1) is 17.3 Å². The average Bonchev–Trinajstić information content (AvgIpc) is 2.88. The molecule has 21 heavy (non-hydrogen) atoms. The average molecular weight is 306 g/mol. The molecule has 1 aliphatic heterocycles. The molecule has 1 aliphatic rings. The van der Waals surface area contributed by atoms with Crippen LogP contribution in [0.4, 0.5) is 5.69 Å². The molecule has 2 aromatic heterocycles. The number of carboxylic acids is 1. The molecule has 0 saturated carbocycles. The van der Waals surface area contributed by atoms with Crippen molar-refractivity contribution in [1.29, 1.82) is 0 Å². The molecule has 3 rings (SSSR count). The van der Waals surface area contributed by atoms with E-state index >= 15 is 0 Å². The molecule has 1 unspecified atom stereocenters. The van der Waals surface area contributed by atoms with Gasteiger partial charge in [-0.15, -0.1) is 0 Å². The maximum absolute atomic E-state index is 11.6. The fourth-order valence-electron chi connectivity index (χ4n) is 2.75. The molecule has 7 heteroatoms. The number of carbonyl (C=O) groups is 1. The first-order valence-electron chi connectivity index (χ1n) is 7.02. The van der Waals surface area contributed by atoms with E-state index in [0.717, 1.165) is 42.0 Å². The van der Waals surface area contributed by atoms with Gasteiger partial charge in [0.25, 0.3) is 0 Å². The maximum Gasteiger partial charge on any atom is 0.339 e. The fraction of sp³-hybridized carbons (Fsp3) is 0.500. The smallest absolute Gasteiger partial charge is 0.339 e. The summed E-state index contributed by atoms with van der Waals surface area (Å²) < 4.78 is 1.68. The summed E-state index contributed by atoms with van der Waals surface area (Å²) in [5, 5.41) is 15.1. The van der Waals surface area contributed by atoms with Crippen molar-refractivity contribution < 1.29 is 9.90 Å². The van der Waals surface area contributed by atoms with E-state index in [1.165, 1.54) is 6.20 Å². The van der Waals surface area contributed by atoms with Gasteiger partial charge in [-0.3, -0.25) is 4.68 Å². The Morgan fingerprint density at radius 1 is 1.52 bits per heavy atom. The first-order valence-corrected chi connectivity index (χ1v) is 8.07. The number of fused-ring (bicyclic) bond motifs is 1. The Hall–Kier alpha value is -1.76. The second kappa shape index (κ2) is 5.55. The van der Waals surface area contributed by atoms with Crippen molar-refractivity contribution >= 4 is 34.5 Å². The number of aromatic nitrogens is 3. The highest BCUT2D eigenvalue weighted by molar-refractivity contribution is 8.00. The number of anilines is 1. The Labute approximate surface area is 127 Å². The summed E-state index contributed by atoms with van der Waals surface area (Å²) in [6, 6.07) is 0. The van der Waals surface area contributed by atoms with Gasteiger partial charge in [0.15, 0.2) is 5.65 Å². The summed E-state index contributed by atoms with van der Waals surface area (Å²) in [5.41, 5.74) is 1.75. The molecule has 0 aromatic carbocycles. The second-order valence-corrected chi connectivity index (χ2v) is 6.59. The topological polar surface area (TPSA) is 71.2 Å². The number of aryl methyl sites for hydroxylation is 1. The Morgan fingerprint density at radius 3 is 3.05 bits per heavy atom. The van der Waals surface area contributed by atoms with Crippen LogP contribution in [0.25, 0.3) is 11.0 Å². The molecule has 1 atom stereocenters. The molecule has 6 nitrogen and oxygen atoms in total. The number of nitrogens with zero attached hydrogens (tertiary/aromatic N) is 4. The van der Waals surface area contributed by atoms with Crippen molar-refractivity contribution in [2.45, 2.75) is 18.6 Å². The van der Waals surface area contributed by atoms with Crippen molar-refractivity contribution in [3.63, 3.8) is 0 Å². The van der Waals surface area contributed by atoms with E-state index in [1.807, 2.05) is 18.8 Å². The van der Waals surface area contributed by atoms with Crippen LogP contribution in [0.1, 0.15) is 23.7 Å².